The fourth-order valence-electron chi connectivity index (χ4n) is 2.42. The van der Waals surface area contributed by atoms with Crippen LogP contribution in [0.25, 0.3) is 10.8 Å². The highest BCUT2D eigenvalue weighted by atomic mass is 16.4. The minimum Gasteiger partial charge on any atom is -0.508 e. The van der Waals surface area contributed by atoms with Crippen molar-refractivity contribution in [2.24, 2.45) is 5.41 Å². The van der Waals surface area contributed by atoms with Gasteiger partial charge < -0.3 is 10.2 Å². The van der Waals surface area contributed by atoms with Crippen molar-refractivity contribution < 1.29 is 15.0 Å². The second-order valence-electron chi connectivity index (χ2n) is 6.43. The van der Waals surface area contributed by atoms with Gasteiger partial charge in [-0.25, -0.2) is 0 Å². The minimum atomic E-state index is -0.973. The van der Waals surface area contributed by atoms with Gasteiger partial charge in [-0.1, -0.05) is 39.0 Å². The van der Waals surface area contributed by atoms with Crippen molar-refractivity contribution in [3.63, 3.8) is 0 Å². The SMILES string of the molecule is CC(C)(C)C(C)(C(=O)O)c1ccc2cc(O)ccc2c1. The first kappa shape index (κ1) is 14.4. The predicted molar refractivity (Wildman–Crippen MR) is 80.1 cm³/mol. The van der Waals surface area contributed by atoms with Gasteiger partial charge in [-0.15, -0.1) is 0 Å². The van der Waals surface area contributed by atoms with Crippen LogP contribution < -0.4 is 0 Å². The molecule has 0 saturated carbocycles. The van der Waals surface area contributed by atoms with E-state index in [1.165, 1.54) is 0 Å². The molecule has 0 spiro atoms. The number of benzene rings is 2. The molecule has 0 aromatic heterocycles. The number of phenolic OH excluding ortho intramolecular Hbond substituents is 1. The molecule has 3 heteroatoms. The van der Waals surface area contributed by atoms with Crippen molar-refractivity contribution in [1.82, 2.24) is 0 Å². The summed E-state index contributed by atoms with van der Waals surface area (Å²) in [6, 6.07) is 10.7. The van der Waals surface area contributed by atoms with E-state index in [4.69, 9.17) is 0 Å². The molecule has 0 aliphatic carbocycles. The van der Waals surface area contributed by atoms with Crippen molar-refractivity contribution in [3.05, 3.63) is 42.0 Å². The van der Waals surface area contributed by atoms with Gasteiger partial charge in [-0.3, -0.25) is 4.79 Å². The Morgan fingerprint density at radius 1 is 0.950 bits per heavy atom. The molecule has 2 aromatic carbocycles. The molecule has 2 rings (SSSR count). The van der Waals surface area contributed by atoms with E-state index in [0.717, 1.165) is 16.3 Å². The lowest BCUT2D eigenvalue weighted by molar-refractivity contribution is -0.147. The van der Waals surface area contributed by atoms with Crippen molar-refractivity contribution in [2.75, 3.05) is 0 Å². The Balaban J connectivity index is 2.67. The van der Waals surface area contributed by atoms with Crippen molar-refractivity contribution in [2.45, 2.75) is 33.1 Å². The number of hydrogen-bond donors (Lipinski definition) is 2. The Morgan fingerprint density at radius 2 is 1.50 bits per heavy atom. The topological polar surface area (TPSA) is 57.5 Å². The van der Waals surface area contributed by atoms with Gasteiger partial charge in [-0.2, -0.15) is 0 Å². The summed E-state index contributed by atoms with van der Waals surface area (Å²) >= 11 is 0. The molecule has 0 aliphatic heterocycles. The standard InChI is InChI=1S/C17H20O3/c1-16(2,3)17(4,15(19)20)13-7-5-12-10-14(18)8-6-11(12)9-13/h5-10,18H,1-4H3,(H,19,20). The zero-order valence-corrected chi connectivity index (χ0v) is 12.3. The molecule has 0 amide bonds. The lowest BCUT2D eigenvalue weighted by Crippen LogP contribution is -2.44. The molecule has 0 aliphatic rings. The number of carboxylic acids is 1. The summed E-state index contributed by atoms with van der Waals surface area (Å²) in [5.41, 5.74) is -0.613. The average Bonchev–Trinajstić information content (AvgIpc) is 2.35. The molecule has 1 unspecified atom stereocenters. The van der Waals surface area contributed by atoms with E-state index in [1.54, 1.807) is 25.1 Å². The summed E-state index contributed by atoms with van der Waals surface area (Å²) in [6.07, 6.45) is 0. The van der Waals surface area contributed by atoms with Crippen molar-refractivity contribution >= 4 is 16.7 Å². The van der Waals surface area contributed by atoms with E-state index in [2.05, 4.69) is 0 Å². The fourth-order valence-corrected chi connectivity index (χ4v) is 2.42. The highest BCUT2D eigenvalue weighted by Crippen LogP contribution is 2.42. The zero-order valence-electron chi connectivity index (χ0n) is 12.3. The summed E-state index contributed by atoms with van der Waals surface area (Å²) < 4.78 is 0. The van der Waals surface area contributed by atoms with Crippen molar-refractivity contribution in [1.29, 1.82) is 0 Å². The third-order valence-electron chi connectivity index (χ3n) is 4.33. The van der Waals surface area contributed by atoms with E-state index in [0.29, 0.717) is 0 Å². The third kappa shape index (κ3) is 2.13. The summed E-state index contributed by atoms with van der Waals surface area (Å²) in [4.78, 5) is 11.8. The highest BCUT2D eigenvalue weighted by molar-refractivity contribution is 5.88. The summed E-state index contributed by atoms with van der Waals surface area (Å²) in [7, 11) is 0. The second-order valence-corrected chi connectivity index (χ2v) is 6.43. The van der Waals surface area contributed by atoms with Gasteiger partial charge in [0.2, 0.25) is 0 Å². The van der Waals surface area contributed by atoms with Crippen LogP contribution in [-0.2, 0) is 10.2 Å². The Labute approximate surface area is 118 Å². The fraction of sp³-hybridized carbons (Fsp3) is 0.353. The lowest BCUT2D eigenvalue weighted by Gasteiger charge is -2.38. The molecule has 0 fully saturated rings. The molecule has 3 nitrogen and oxygen atoms in total. The van der Waals surface area contributed by atoms with Crippen LogP contribution in [0.5, 0.6) is 5.75 Å². The molecule has 1 atom stereocenters. The maximum Gasteiger partial charge on any atom is 0.314 e. The molecule has 0 saturated heterocycles. The summed E-state index contributed by atoms with van der Waals surface area (Å²) in [5.74, 6) is -0.620. The Morgan fingerprint density at radius 3 is 2.05 bits per heavy atom. The zero-order chi connectivity index (χ0) is 15.1. The molecular formula is C17H20O3. The molecule has 2 aromatic rings. The Kier molecular flexibility index (Phi) is 3.24. The van der Waals surface area contributed by atoms with Gasteiger partial charge in [0.1, 0.15) is 5.75 Å². The number of phenols is 1. The van der Waals surface area contributed by atoms with Gasteiger partial charge in [0, 0.05) is 0 Å². The van der Waals surface area contributed by atoms with Crippen LogP contribution in [0, 0.1) is 5.41 Å². The number of carbonyl (C=O) groups is 1. The first-order chi connectivity index (χ1) is 9.16. The lowest BCUT2D eigenvalue weighted by atomic mass is 9.64. The first-order valence-electron chi connectivity index (χ1n) is 6.63. The van der Waals surface area contributed by atoms with Gasteiger partial charge in [-0.05, 0) is 46.9 Å². The van der Waals surface area contributed by atoms with E-state index in [9.17, 15) is 15.0 Å². The Bertz CT molecular complexity index is 667. The van der Waals surface area contributed by atoms with Crippen LogP contribution in [0.4, 0.5) is 0 Å². The predicted octanol–water partition coefficient (Wildman–Crippen LogP) is 3.93. The van der Waals surface area contributed by atoms with E-state index >= 15 is 0 Å². The molecular weight excluding hydrogens is 252 g/mol. The number of fused-ring (bicyclic) bond motifs is 1. The second kappa shape index (κ2) is 4.51. The first-order valence-corrected chi connectivity index (χ1v) is 6.63. The maximum atomic E-state index is 11.8. The maximum absolute atomic E-state index is 11.8. The quantitative estimate of drug-likeness (QED) is 0.870. The smallest absolute Gasteiger partial charge is 0.314 e. The number of hydrogen-bond acceptors (Lipinski definition) is 2. The summed E-state index contributed by atoms with van der Waals surface area (Å²) in [5, 5.41) is 21.0. The number of rotatable bonds is 2. The average molecular weight is 272 g/mol. The minimum absolute atomic E-state index is 0.210. The normalized spacial score (nSPS) is 15.0. The van der Waals surface area contributed by atoms with Crippen LogP contribution in [-0.4, -0.2) is 16.2 Å². The largest absolute Gasteiger partial charge is 0.508 e. The number of aliphatic carboxylic acids is 1. The van der Waals surface area contributed by atoms with E-state index in [1.807, 2.05) is 39.0 Å². The van der Waals surface area contributed by atoms with Crippen LogP contribution in [0.2, 0.25) is 0 Å². The molecule has 0 radical (unpaired) electrons. The van der Waals surface area contributed by atoms with Crippen LogP contribution in [0.1, 0.15) is 33.3 Å². The molecule has 0 bridgehead atoms. The molecule has 0 heterocycles. The molecule has 20 heavy (non-hydrogen) atoms. The van der Waals surface area contributed by atoms with Crippen LogP contribution in [0.15, 0.2) is 36.4 Å². The van der Waals surface area contributed by atoms with Gasteiger partial charge in [0.15, 0.2) is 0 Å². The summed E-state index contributed by atoms with van der Waals surface area (Å²) in [6.45, 7) is 7.56. The van der Waals surface area contributed by atoms with Crippen LogP contribution in [0.3, 0.4) is 0 Å². The van der Waals surface area contributed by atoms with Gasteiger partial charge >= 0.3 is 5.97 Å². The number of carboxylic acid groups (broad SMARTS) is 1. The highest BCUT2D eigenvalue weighted by Gasteiger charge is 2.45. The van der Waals surface area contributed by atoms with Crippen molar-refractivity contribution in [3.8, 4) is 5.75 Å². The number of aromatic hydroxyl groups is 1. The third-order valence-corrected chi connectivity index (χ3v) is 4.33. The molecule has 106 valence electrons. The van der Waals surface area contributed by atoms with E-state index < -0.39 is 16.8 Å². The van der Waals surface area contributed by atoms with Gasteiger partial charge in [0.25, 0.3) is 0 Å². The molecule has 2 N–H and O–H groups in total. The van der Waals surface area contributed by atoms with Gasteiger partial charge in [0.05, 0.1) is 5.41 Å². The Hall–Kier alpha value is -2.03. The van der Waals surface area contributed by atoms with Crippen LogP contribution >= 0.6 is 0 Å². The monoisotopic (exact) mass is 272 g/mol. The van der Waals surface area contributed by atoms with E-state index in [-0.39, 0.29) is 5.75 Å².